The van der Waals surface area contributed by atoms with Crippen molar-refractivity contribution in [2.45, 2.75) is 24.3 Å². The fraction of sp³-hybridized carbons (Fsp3) is 0.250. The van der Waals surface area contributed by atoms with Gasteiger partial charge in [-0.05, 0) is 24.0 Å². The first-order valence-corrected chi connectivity index (χ1v) is 6.16. The van der Waals surface area contributed by atoms with E-state index in [2.05, 4.69) is 54.6 Å². The Kier molecular flexibility index (Phi) is 2.49. The third-order valence-corrected chi connectivity index (χ3v) is 3.70. The van der Waals surface area contributed by atoms with E-state index in [9.17, 15) is 0 Å². The lowest BCUT2D eigenvalue weighted by atomic mass is 10.00. The molecule has 0 amide bonds. The molecule has 0 saturated heterocycles. The summed E-state index contributed by atoms with van der Waals surface area (Å²) in [6.45, 7) is 0. The first-order chi connectivity index (χ1) is 8.28. The van der Waals surface area contributed by atoms with Crippen molar-refractivity contribution in [3.63, 3.8) is 0 Å². The predicted molar refractivity (Wildman–Crippen MR) is 70.9 cm³/mol. The summed E-state index contributed by atoms with van der Waals surface area (Å²) in [5.74, 6) is 0.531. The van der Waals surface area contributed by atoms with Crippen LogP contribution in [0, 0.1) is 0 Å². The van der Waals surface area contributed by atoms with E-state index in [1.165, 1.54) is 11.1 Å². The van der Waals surface area contributed by atoms with E-state index in [4.69, 9.17) is 5.73 Å². The maximum absolute atomic E-state index is 6.45. The van der Waals surface area contributed by atoms with E-state index in [0.29, 0.717) is 5.92 Å². The first kappa shape index (κ1) is 10.5. The van der Waals surface area contributed by atoms with Crippen LogP contribution in [0.15, 0.2) is 60.7 Å². The molecule has 1 fully saturated rings. The monoisotopic (exact) mass is 223 g/mol. The van der Waals surface area contributed by atoms with E-state index in [-0.39, 0.29) is 5.54 Å². The Morgan fingerprint density at radius 1 is 0.941 bits per heavy atom. The molecule has 86 valence electrons. The highest BCUT2D eigenvalue weighted by atomic mass is 14.9. The van der Waals surface area contributed by atoms with Gasteiger partial charge in [0.1, 0.15) is 0 Å². The molecule has 0 heterocycles. The first-order valence-electron chi connectivity index (χ1n) is 6.16. The van der Waals surface area contributed by atoms with E-state index < -0.39 is 0 Å². The van der Waals surface area contributed by atoms with E-state index >= 15 is 0 Å². The number of benzene rings is 2. The maximum atomic E-state index is 6.45. The lowest BCUT2D eigenvalue weighted by Gasteiger charge is -2.11. The molecule has 0 spiro atoms. The Hall–Kier alpha value is -1.60. The summed E-state index contributed by atoms with van der Waals surface area (Å²) in [7, 11) is 0. The van der Waals surface area contributed by atoms with Crippen LogP contribution >= 0.6 is 0 Å². The molecule has 0 radical (unpaired) electrons. The summed E-state index contributed by atoms with van der Waals surface area (Å²) in [5, 5.41) is 0. The lowest BCUT2D eigenvalue weighted by molar-refractivity contribution is 0.646. The molecule has 2 aromatic carbocycles. The molecule has 2 N–H and O–H groups in total. The fourth-order valence-electron chi connectivity index (χ4n) is 2.63. The molecule has 1 nitrogen and oxygen atoms in total. The summed E-state index contributed by atoms with van der Waals surface area (Å²) in [4.78, 5) is 0. The fourth-order valence-corrected chi connectivity index (χ4v) is 2.63. The molecule has 3 rings (SSSR count). The molecular weight excluding hydrogens is 206 g/mol. The highest BCUT2D eigenvalue weighted by molar-refractivity contribution is 5.35. The van der Waals surface area contributed by atoms with E-state index in [0.717, 1.165) is 12.8 Å². The van der Waals surface area contributed by atoms with Gasteiger partial charge in [0.15, 0.2) is 0 Å². The third kappa shape index (κ3) is 2.11. The Morgan fingerprint density at radius 3 is 2.18 bits per heavy atom. The van der Waals surface area contributed by atoms with E-state index in [1.54, 1.807) is 0 Å². The van der Waals surface area contributed by atoms with Crippen molar-refractivity contribution < 1.29 is 0 Å². The zero-order valence-corrected chi connectivity index (χ0v) is 9.84. The number of hydrogen-bond donors (Lipinski definition) is 1. The molecule has 0 unspecified atom stereocenters. The molecule has 2 aromatic rings. The van der Waals surface area contributed by atoms with Gasteiger partial charge in [-0.15, -0.1) is 0 Å². The minimum Gasteiger partial charge on any atom is -0.324 e. The zero-order chi connectivity index (χ0) is 11.7. The van der Waals surface area contributed by atoms with Crippen molar-refractivity contribution in [1.82, 2.24) is 0 Å². The molecule has 1 heteroatoms. The molecular formula is C16H17N. The minimum absolute atomic E-state index is 0.0251. The van der Waals surface area contributed by atoms with Crippen LogP contribution in [0.2, 0.25) is 0 Å². The van der Waals surface area contributed by atoms with Crippen molar-refractivity contribution in [2.24, 2.45) is 5.73 Å². The van der Waals surface area contributed by atoms with Crippen LogP contribution in [0.3, 0.4) is 0 Å². The topological polar surface area (TPSA) is 26.0 Å². The van der Waals surface area contributed by atoms with Crippen LogP contribution in [-0.2, 0) is 6.42 Å². The Bertz CT molecular complexity index is 491. The van der Waals surface area contributed by atoms with Crippen molar-refractivity contribution in [1.29, 1.82) is 0 Å². The molecule has 1 aliphatic rings. The zero-order valence-electron chi connectivity index (χ0n) is 9.84. The quantitative estimate of drug-likeness (QED) is 0.850. The minimum atomic E-state index is -0.0251. The summed E-state index contributed by atoms with van der Waals surface area (Å²) >= 11 is 0. The van der Waals surface area contributed by atoms with Gasteiger partial charge >= 0.3 is 0 Å². The molecule has 0 aliphatic heterocycles. The Balaban J connectivity index is 1.74. The predicted octanol–water partition coefficient (Wildman–Crippen LogP) is 3.11. The summed E-state index contributed by atoms with van der Waals surface area (Å²) in [6.07, 6.45) is 2.08. The maximum Gasteiger partial charge on any atom is 0.0271 e. The largest absolute Gasteiger partial charge is 0.324 e. The summed E-state index contributed by atoms with van der Waals surface area (Å²) < 4.78 is 0. The van der Waals surface area contributed by atoms with Gasteiger partial charge in [0.2, 0.25) is 0 Å². The van der Waals surface area contributed by atoms with Crippen LogP contribution in [0.1, 0.15) is 23.5 Å². The van der Waals surface area contributed by atoms with Crippen LogP contribution in [0.5, 0.6) is 0 Å². The Labute approximate surface area is 102 Å². The van der Waals surface area contributed by atoms with Crippen LogP contribution in [0.4, 0.5) is 0 Å². The average molecular weight is 223 g/mol. The second-order valence-electron chi connectivity index (χ2n) is 5.06. The molecule has 0 bridgehead atoms. The van der Waals surface area contributed by atoms with Crippen molar-refractivity contribution in [3.05, 3.63) is 71.8 Å². The van der Waals surface area contributed by atoms with Gasteiger partial charge in [0.05, 0.1) is 0 Å². The second-order valence-corrected chi connectivity index (χ2v) is 5.06. The molecule has 17 heavy (non-hydrogen) atoms. The molecule has 2 atom stereocenters. The highest BCUT2D eigenvalue weighted by Crippen LogP contribution is 2.51. The van der Waals surface area contributed by atoms with Gasteiger partial charge in [-0.1, -0.05) is 60.7 Å². The van der Waals surface area contributed by atoms with Gasteiger partial charge in [-0.25, -0.2) is 0 Å². The molecule has 0 aromatic heterocycles. The third-order valence-electron chi connectivity index (χ3n) is 3.70. The van der Waals surface area contributed by atoms with Crippen molar-refractivity contribution in [3.8, 4) is 0 Å². The van der Waals surface area contributed by atoms with Crippen molar-refractivity contribution >= 4 is 0 Å². The van der Waals surface area contributed by atoms with Gasteiger partial charge < -0.3 is 5.73 Å². The standard InChI is InChI=1S/C16H17N/c17-16(11-13-7-3-1-4-8-13)12-15(16)14-9-5-2-6-10-14/h1-10,15H,11-12,17H2/t15-,16+/m0/s1. The van der Waals surface area contributed by atoms with Crippen LogP contribution in [-0.4, -0.2) is 5.54 Å². The summed E-state index contributed by atoms with van der Waals surface area (Å²) in [5.41, 5.74) is 9.15. The average Bonchev–Trinajstić information content (AvgIpc) is 3.03. The SMILES string of the molecule is N[C@]1(Cc2ccccc2)C[C@H]1c1ccccc1. The number of rotatable bonds is 3. The van der Waals surface area contributed by atoms with Gasteiger partial charge in [-0.3, -0.25) is 0 Å². The molecule has 1 saturated carbocycles. The Morgan fingerprint density at radius 2 is 1.53 bits per heavy atom. The van der Waals surface area contributed by atoms with Crippen LogP contribution < -0.4 is 5.73 Å². The highest BCUT2D eigenvalue weighted by Gasteiger charge is 2.51. The van der Waals surface area contributed by atoms with E-state index in [1.807, 2.05) is 6.07 Å². The van der Waals surface area contributed by atoms with Crippen LogP contribution in [0.25, 0.3) is 0 Å². The summed E-state index contributed by atoms with van der Waals surface area (Å²) in [6, 6.07) is 21.2. The molecule has 1 aliphatic carbocycles. The smallest absolute Gasteiger partial charge is 0.0271 e. The second kappa shape index (κ2) is 4.01. The van der Waals surface area contributed by atoms with Gasteiger partial charge in [0, 0.05) is 11.5 Å². The number of nitrogens with two attached hydrogens (primary N) is 1. The van der Waals surface area contributed by atoms with Gasteiger partial charge in [-0.2, -0.15) is 0 Å². The number of hydrogen-bond acceptors (Lipinski definition) is 1. The lowest BCUT2D eigenvalue weighted by Crippen LogP contribution is -2.27. The van der Waals surface area contributed by atoms with Crippen molar-refractivity contribution in [2.75, 3.05) is 0 Å². The van der Waals surface area contributed by atoms with Gasteiger partial charge in [0.25, 0.3) is 0 Å². The normalized spacial score (nSPS) is 26.8.